The molecule has 12 heavy (non-hydrogen) atoms. The largest absolute Gasteiger partial charge is 0.269 e. The summed E-state index contributed by atoms with van der Waals surface area (Å²) in [5.74, 6) is 0. The minimum atomic E-state index is -0.488. The molecule has 0 spiro atoms. The summed E-state index contributed by atoms with van der Waals surface area (Å²) in [7, 11) is -0.488. The van der Waals surface area contributed by atoms with Crippen LogP contribution in [0.1, 0.15) is 19.8 Å². The van der Waals surface area contributed by atoms with Gasteiger partial charge in [-0.05, 0) is 12.1 Å². The van der Waals surface area contributed by atoms with Crippen molar-refractivity contribution in [1.82, 2.24) is 0 Å². The molecular weight excluding hydrogens is 167 g/mol. The highest BCUT2D eigenvalue weighted by atomic mass is 28.3. The average molecular weight is 188 g/mol. The average Bonchev–Trinajstić information content (AvgIpc) is 2.01. The molecule has 0 saturated heterocycles. The van der Waals surface area contributed by atoms with Crippen LogP contribution in [0, 0.1) is 0 Å². The molecule has 0 aromatic heterocycles. The van der Waals surface area contributed by atoms with Crippen molar-refractivity contribution in [1.29, 1.82) is 0 Å². The van der Waals surface area contributed by atoms with Crippen LogP contribution in [0.3, 0.4) is 0 Å². The first-order valence-corrected chi connectivity index (χ1v) is 7.01. The van der Waals surface area contributed by atoms with Crippen molar-refractivity contribution in [3.8, 4) is 0 Å². The quantitative estimate of drug-likeness (QED) is 0.423. The van der Waals surface area contributed by atoms with Crippen LogP contribution < -0.4 is 0 Å². The van der Waals surface area contributed by atoms with Crippen LogP contribution in [-0.4, -0.2) is 8.80 Å². The molecule has 0 heterocycles. The van der Waals surface area contributed by atoms with Crippen LogP contribution in [0.15, 0.2) is 25.3 Å². The molecule has 72 valence electrons. The van der Waals surface area contributed by atoms with Crippen molar-refractivity contribution in [3.05, 3.63) is 25.3 Å². The van der Waals surface area contributed by atoms with Gasteiger partial charge in [0.15, 0.2) is 0 Å². The van der Waals surface area contributed by atoms with E-state index in [1.54, 1.807) is 0 Å². The van der Waals surface area contributed by atoms with Gasteiger partial charge in [0, 0.05) is 8.80 Å². The minimum absolute atomic E-state index is 0. The van der Waals surface area contributed by atoms with Crippen molar-refractivity contribution in [3.63, 3.8) is 0 Å². The van der Waals surface area contributed by atoms with E-state index in [0.717, 1.165) is 0 Å². The second-order valence-corrected chi connectivity index (χ2v) is 6.31. The maximum absolute atomic E-state index is 3.79. The van der Waals surface area contributed by atoms with Crippen LogP contribution in [0.5, 0.6) is 0 Å². The summed E-state index contributed by atoms with van der Waals surface area (Å²) in [6.07, 6.45) is 6.89. The Bertz CT molecular complexity index is 102. The predicted octanol–water partition coefficient (Wildman–Crippen LogP) is 3.54. The molecule has 0 fully saturated rings. The molecule has 0 aliphatic heterocycles. The van der Waals surface area contributed by atoms with E-state index in [4.69, 9.17) is 0 Å². The van der Waals surface area contributed by atoms with E-state index in [-0.39, 0.29) is 4.70 Å². The summed E-state index contributed by atoms with van der Waals surface area (Å²) in [5.41, 5.74) is 0. The molecule has 0 aliphatic carbocycles. The first-order chi connectivity index (χ1) is 5.35. The fraction of sp³-hybridized carbons (Fsp3) is 0.600. The van der Waals surface area contributed by atoms with Gasteiger partial charge < -0.3 is 0 Å². The Hall–Kier alpha value is -0.373. The van der Waals surface area contributed by atoms with Gasteiger partial charge in [-0.25, -0.2) is 0 Å². The zero-order valence-corrected chi connectivity index (χ0v) is 9.24. The highest BCUT2D eigenvalue weighted by Crippen LogP contribution is 2.10. The SMILES string of the molecule is C=CC[SiH](CC=C)CCCC.F. The van der Waals surface area contributed by atoms with Crippen molar-refractivity contribution >= 4 is 8.80 Å². The topological polar surface area (TPSA) is 0 Å². The van der Waals surface area contributed by atoms with Crippen LogP contribution >= 0.6 is 0 Å². The summed E-state index contributed by atoms with van der Waals surface area (Å²) in [6.45, 7) is 9.84. The van der Waals surface area contributed by atoms with E-state index in [0.29, 0.717) is 0 Å². The number of hydrogen-bond acceptors (Lipinski definition) is 0. The van der Waals surface area contributed by atoms with Crippen molar-refractivity contribution in [2.24, 2.45) is 0 Å². The Kier molecular flexibility index (Phi) is 12.5. The van der Waals surface area contributed by atoms with E-state index in [1.807, 2.05) is 0 Å². The summed E-state index contributed by atoms with van der Waals surface area (Å²) in [6, 6.07) is 4.03. The molecule has 2 heteroatoms. The van der Waals surface area contributed by atoms with E-state index in [1.165, 1.54) is 31.0 Å². The van der Waals surface area contributed by atoms with Gasteiger partial charge >= 0.3 is 0 Å². The lowest BCUT2D eigenvalue weighted by Crippen LogP contribution is -2.08. The molecule has 0 atom stereocenters. The summed E-state index contributed by atoms with van der Waals surface area (Å²) in [4.78, 5) is 0. The fourth-order valence-corrected chi connectivity index (χ4v) is 3.89. The first-order valence-electron chi connectivity index (χ1n) is 4.56. The molecule has 0 N–H and O–H groups in total. The van der Waals surface area contributed by atoms with Gasteiger partial charge in [-0.15, -0.1) is 13.2 Å². The smallest absolute Gasteiger partial charge is 0.0443 e. The van der Waals surface area contributed by atoms with Gasteiger partial charge in [0.1, 0.15) is 0 Å². The number of halogens is 1. The Balaban J connectivity index is 0. The van der Waals surface area contributed by atoms with Crippen LogP contribution in [0.2, 0.25) is 18.1 Å². The van der Waals surface area contributed by atoms with Crippen LogP contribution in [-0.2, 0) is 0 Å². The minimum Gasteiger partial charge on any atom is -0.269 e. The summed E-state index contributed by atoms with van der Waals surface area (Å²) < 4.78 is 0. The Morgan fingerprint density at radius 1 is 1.17 bits per heavy atom. The number of rotatable bonds is 7. The molecule has 0 aliphatic rings. The van der Waals surface area contributed by atoms with Gasteiger partial charge in [-0.2, -0.15) is 0 Å². The monoisotopic (exact) mass is 188 g/mol. The normalized spacial score (nSPS) is 9.17. The second kappa shape index (κ2) is 10.6. The van der Waals surface area contributed by atoms with Gasteiger partial charge in [0.2, 0.25) is 0 Å². The molecule has 0 radical (unpaired) electrons. The zero-order valence-electron chi connectivity index (χ0n) is 8.09. The van der Waals surface area contributed by atoms with Crippen molar-refractivity contribution in [2.75, 3.05) is 0 Å². The van der Waals surface area contributed by atoms with E-state index in [2.05, 4.69) is 32.2 Å². The lowest BCUT2D eigenvalue weighted by atomic mass is 10.4. The molecule has 0 saturated carbocycles. The lowest BCUT2D eigenvalue weighted by molar-refractivity contribution is 0.871. The van der Waals surface area contributed by atoms with Gasteiger partial charge in [0.05, 0.1) is 0 Å². The predicted molar refractivity (Wildman–Crippen MR) is 59.4 cm³/mol. The van der Waals surface area contributed by atoms with Gasteiger partial charge in [0.25, 0.3) is 0 Å². The zero-order chi connectivity index (χ0) is 8.53. The highest BCUT2D eigenvalue weighted by Gasteiger charge is 2.04. The molecule has 0 nitrogen and oxygen atoms in total. The number of unbranched alkanes of at least 4 members (excludes halogenated alkanes) is 1. The van der Waals surface area contributed by atoms with E-state index in [9.17, 15) is 0 Å². The Morgan fingerprint density at radius 3 is 2.00 bits per heavy atom. The summed E-state index contributed by atoms with van der Waals surface area (Å²) >= 11 is 0. The Labute approximate surface area is 77.4 Å². The Morgan fingerprint density at radius 2 is 1.67 bits per heavy atom. The summed E-state index contributed by atoms with van der Waals surface area (Å²) in [5, 5.41) is 0. The van der Waals surface area contributed by atoms with Crippen molar-refractivity contribution in [2.45, 2.75) is 37.9 Å². The number of hydrogen-bond donors (Lipinski definition) is 0. The lowest BCUT2D eigenvalue weighted by Gasteiger charge is -2.08. The third kappa shape index (κ3) is 7.73. The molecule has 0 rings (SSSR count). The maximum atomic E-state index is 3.79. The molecule has 0 bridgehead atoms. The van der Waals surface area contributed by atoms with Gasteiger partial charge in [-0.3, -0.25) is 4.70 Å². The molecular formula is C10H21FSi. The van der Waals surface area contributed by atoms with Crippen LogP contribution in [0.25, 0.3) is 0 Å². The molecule has 0 unspecified atom stereocenters. The maximum Gasteiger partial charge on any atom is 0.0443 e. The van der Waals surface area contributed by atoms with Crippen LogP contribution in [0.4, 0.5) is 4.70 Å². The van der Waals surface area contributed by atoms with Crippen molar-refractivity contribution < 1.29 is 4.70 Å². The molecule has 0 aromatic carbocycles. The third-order valence-electron chi connectivity index (χ3n) is 1.97. The van der Waals surface area contributed by atoms with E-state index >= 15 is 0 Å². The second-order valence-electron chi connectivity index (χ2n) is 3.06. The number of allylic oxidation sites excluding steroid dienone is 2. The molecule has 0 aromatic rings. The molecule has 0 amide bonds. The van der Waals surface area contributed by atoms with E-state index < -0.39 is 8.80 Å². The standard InChI is InChI=1S/C10H20Si.FH/c1-4-7-10-11(8-5-2)9-6-3;/h5-6,11H,2-4,7-10H2,1H3;1H. The first kappa shape index (κ1) is 14.2. The fourth-order valence-electron chi connectivity index (χ4n) is 1.30. The third-order valence-corrected chi connectivity index (χ3v) is 5.19. The highest BCUT2D eigenvalue weighted by molar-refractivity contribution is 6.59. The van der Waals surface area contributed by atoms with Gasteiger partial charge in [-0.1, -0.05) is 38.0 Å².